The second kappa shape index (κ2) is 7.44. The Morgan fingerprint density at radius 3 is 2.31 bits per heavy atom. The largest absolute Gasteiger partial charge is 0.493 e. The molecule has 2 heterocycles. The molecule has 0 radical (unpaired) electrons. The van der Waals surface area contributed by atoms with E-state index < -0.39 is 29.5 Å². The van der Waals surface area contributed by atoms with Crippen LogP contribution in [0, 0.1) is 11.6 Å². The second-order valence-electron chi connectivity index (χ2n) is 7.08. The summed E-state index contributed by atoms with van der Waals surface area (Å²) in [6.45, 7) is 1.07. The van der Waals surface area contributed by atoms with Crippen molar-refractivity contribution in [1.29, 1.82) is 0 Å². The van der Waals surface area contributed by atoms with Gasteiger partial charge in [-0.15, -0.1) is 0 Å². The van der Waals surface area contributed by atoms with Gasteiger partial charge in [-0.3, -0.25) is 14.5 Å². The van der Waals surface area contributed by atoms with Gasteiger partial charge in [0.2, 0.25) is 5.91 Å². The Balaban J connectivity index is 1.58. The van der Waals surface area contributed by atoms with Crippen molar-refractivity contribution < 1.29 is 27.8 Å². The summed E-state index contributed by atoms with van der Waals surface area (Å²) in [5.41, 5.74) is 2.15. The number of hydrogen-bond donors (Lipinski definition) is 0. The van der Waals surface area contributed by atoms with Crippen molar-refractivity contribution in [3.63, 3.8) is 0 Å². The molecule has 29 heavy (non-hydrogen) atoms. The van der Waals surface area contributed by atoms with E-state index in [9.17, 15) is 18.4 Å². The zero-order valence-corrected chi connectivity index (χ0v) is 16.1. The molecule has 0 saturated carbocycles. The second-order valence-corrected chi connectivity index (χ2v) is 7.08. The van der Waals surface area contributed by atoms with Crippen molar-refractivity contribution >= 4 is 17.5 Å². The van der Waals surface area contributed by atoms with E-state index in [1.165, 1.54) is 6.07 Å². The van der Waals surface area contributed by atoms with Gasteiger partial charge in [-0.2, -0.15) is 0 Å². The molecule has 1 fully saturated rings. The van der Waals surface area contributed by atoms with Gasteiger partial charge in [0.15, 0.2) is 23.1 Å². The van der Waals surface area contributed by atoms with Crippen LogP contribution in [0.5, 0.6) is 11.5 Å². The highest BCUT2D eigenvalue weighted by molar-refractivity contribution is 6.22. The van der Waals surface area contributed by atoms with Gasteiger partial charge in [0.25, 0.3) is 5.91 Å². The van der Waals surface area contributed by atoms with Crippen LogP contribution in [0.3, 0.4) is 0 Å². The van der Waals surface area contributed by atoms with Gasteiger partial charge in [0, 0.05) is 19.2 Å². The monoisotopic (exact) mass is 402 g/mol. The molecule has 0 unspecified atom stereocenters. The number of rotatable bonds is 4. The van der Waals surface area contributed by atoms with Crippen molar-refractivity contribution in [2.75, 3.05) is 25.7 Å². The molecule has 4 rings (SSSR count). The van der Waals surface area contributed by atoms with Crippen molar-refractivity contribution in [3.05, 3.63) is 53.1 Å². The van der Waals surface area contributed by atoms with E-state index in [4.69, 9.17) is 9.47 Å². The molecule has 0 aromatic heterocycles. The van der Waals surface area contributed by atoms with Gasteiger partial charge in [-0.05, 0) is 41.8 Å². The van der Waals surface area contributed by atoms with Gasteiger partial charge < -0.3 is 9.47 Å². The number of fused-ring (bicyclic) bond motifs is 1. The summed E-state index contributed by atoms with van der Waals surface area (Å²) in [6.07, 6.45) is 0.694. The third-order valence-electron chi connectivity index (χ3n) is 5.47. The number of nitrogens with zero attached hydrogens (tertiary/aromatic N) is 2. The van der Waals surface area contributed by atoms with E-state index in [2.05, 4.69) is 0 Å². The standard InChI is InChI=1S/C21H20F2N2O4/c1-28-18-7-12-5-6-24(11-13(12)8-19(18)29-2)17-10-20(26)25(21(17)27)14-3-4-15(22)16(23)9-14/h3-4,7-9,17H,5-6,10-11H2,1-2H3/t17-/m1/s1. The fourth-order valence-electron chi connectivity index (χ4n) is 3.97. The molecule has 6 nitrogen and oxygen atoms in total. The lowest BCUT2D eigenvalue weighted by molar-refractivity contribution is -0.123. The van der Waals surface area contributed by atoms with Crippen molar-refractivity contribution in [2.45, 2.75) is 25.4 Å². The van der Waals surface area contributed by atoms with Crippen LogP contribution in [-0.4, -0.2) is 43.5 Å². The highest BCUT2D eigenvalue weighted by atomic mass is 19.2. The molecule has 8 heteroatoms. The topological polar surface area (TPSA) is 59.1 Å². The number of carbonyl (C=O) groups is 2. The van der Waals surface area contributed by atoms with Crippen LogP contribution in [0.4, 0.5) is 14.5 Å². The SMILES string of the molecule is COc1cc2c(cc1OC)CN([C@@H]1CC(=O)N(c3ccc(F)c(F)c3)C1=O)CC2. The number of methoxy groups -OCH3 is 2. The molecule has 2 amide bonds. The Labute approximate surface area is 166 Å². The fourth-order valence-corrected chi connectivity index (χ4v) is 3.97. The minimum atomic E-state index is -1.10. The van der Waals surface area contributed by atoms with E-state index in [1.54, 1.807) is 14.2 Å². The summed E-state index contributed by atoms with van der Waals surface area (Å²) < 4.78 is 37.5. The molecule has 2 aromatic carbocycles. The third-order valence-corrected chi connectivity index (χ3v) is 5.47. The number of halogens is 2. The molecule has 2 aliphatic rings. The summed E-state index contributed by atoms with van der Waals surface area (Å²) in [7, 11) is 3.14. The Kier molecular flexibility index (Phi) is 4.96. The van der Waals surface area contributed by atoms with Gasteiger partial charge in [0.1, 0.15) is 0 Å². The molecule has 0 spiro atoms. The number of hydrogen-bond acceptors (Lipinski definition) is 5. The van der Waals surface area contributed by atoms with Gasteiger partial charge in [-0.25, -0.2) is 13.7 Å². The molecular weight excluding hydrogens is 382 g/mol. The highest BCUT2D eigenvalue weighted by Crippen LogP contribution is 2.35. The third kappa shape index (κ3) is 3.33. The van der Waals surface area contributed by atoms with Crippen molar-refractivity contribution in [1.82, 2.24) is 4.90 Å². The summed E-state index contributed by atoms with van der Waals surface area (Å²) >= 11 is 0. The summed E-state index contributed by atoms with van der Waals surface area (Å²) in [5, 5.41) is 0. The van der Waals surface area contributed by atoms with Crippen LogP contribution in [0.1, 0.15) is 17.5 Å². The normalized spacial score (nSPS) is 19.4. The van der Waals surface area contributed by atoms with E-state index in [-0.39, 0.29) is 12.1 Å². The molecule has 0 bridgehead atoms. The maximum absolute atomic E-state index is 13.6. The average Bonchev–Trinajstić information content (AvgIpc) is 3.02. The molecular formula is C21H20F2N2O4. The highest BCUT2D eigenvalue weighted by Gasteiger charge is 2.43. The van der Waals surface area contributed by atoms with E-state index in [1.807, 2.05) is 17.0 Å². The zero-order valence-electron chi connectivity index (χ0n) is 16.1. The van der Waals surface area contributed by atoms with E-state index >= 15 is 0 Å². The minimum Gasteiger partial charge on any atom is -0.493 e. The zero-order chi connectivity index (χ0) is 20.7. The van der Waals surface area contributed by atoms with E-state index in [0.717, 1.165) is 28.2 Å². The van der Waals surface area contributed by atoms with Crippen molar-refractivity contribution in [2.24, 2.45) is 0 Å². The summed E-state index contributed by atoms with van der Waals surface area (Å²) in [4.78, 5) is 28.3. The number of imide groups is 1. The Morgan fingerprint density at radius 2 is 1.66 bits per heavy atom. The quantitative estimate of drug-likeness (QED) is 0.736. The molecule has 0 aliphatic carbocycles. The van der Waals surface area contributed by atoms with Crippen LogP contribution >= 0.6 is 0 Å². The summed E-state index contributed by atoms with van der Waals surface area (Å²) in [6, 6.07) is 6.19. The van der Waals surface area contributed by atoms with Gasteiger partial charge >= 0.3 is 0 Å². The molecule has 2 aromatic rings. The Bertz CT molecular complexity index is 995. The van der Waals surface area contributed by atoms with Crippen LogP contribution in [0.2, 0.25) is 0 Å². The predicted octanol–water partition coefficient (Wildman–Crippen LogP) is 2.67. The number of ether oxygens (including phenoxy) is 2. The number of carbonyl (C=O) groups excluding carboxylic acids is 2. The lowest BCUT2D eigenvalue weighted by Gasteiger charge is -2.32. The molecule has 1 atom stereocenters. The van der Waals surface area contributed by atoms with Crippen molar-refractivity contribution in [3.8, 4) is 11.5 Å². The maximum atomic E-state index is 13.6. The lowest BCUT2D eigenvalue weighted by atomic mass is 9.97. The van der Waals surface area contributed by atoms with Crippen LogP contribution in [0.25, 0.3) is 0 Å². The first-order valence-electron chi connectivity index (χ1n) is 9.22. The maximum Gasteiger partial charge on any atom is 0.251 e. The van der Waals surface area contributed by atoms with Crippen LogP contribution in [0.15, 0.2) is 30.3 Å². The molecule has 2 aliphatic heterocycles. The Morgan fingerprint density at radius 1 is 0.966 bits per heavy atom. The lowest BCUT2D eigenvalue weighted by Crippen LogP contribution is -2.44. The molecule has 152 valence electrons. The Hall–Kier alpha value is -3.00. The van der Waals surface area contributed by atoms with E-state index in [0.29, 0.717) is 31.0 Å². The molecule has 0 N–H and O–H groups in total. The number of amides is 2. The first-order chi connectivity index (χ1) is 13.9. The van der Waals surface area contributed by atoms with Crippen LogP contribution in [-0.2, 0) is 22.6 Å². The van der Waals surface area contributed by atoms with Gasteiger partial charge in [0.05, 0.1) is 32.4 Å². The minimum absolute atomic E-state index is 0.000448. The predicted molar refractivity (Wildman–Crippen MR) is 101 cm³/mol. The fraction of sp³-hybridized carbons (Fsp3) is 0.333. The number of benzene rings is 2. The van der Waals surface area contributed by atoms with Crippen LogP contribution < -0.4 is 14.4 Å². The average molecular weight is 402 g/mol. The smallest absolute Gasteiger partial charge is 0.251 e. The molecule has 1 saturated heterocycles. The summed E-state index contributed by atoms with van der Waals surface area (Å²) in [5.74, 6) is -1.73. The van der Waals surface area contributed by atoms with Gasteiger partial charge in [-0.1, -0.05) is 0 Å². The number of anilines is 1. The first-order valence-corrected chi connectivity index (χ1v) is 9.22. The first kappa shape index (κ1) is 19.3.